The number of hydrogen-bond acceptors (Lipinski definition) is 3. The molecule has 0 fully saturated rings. The lowest BCUT2D eigenvalue weighted by atomic mass is 10.1. The number of hydrogen-bond donors (Lipinski definition) is 1. The predicted octanol–water partition coefficient (Wildman–Crippen LogP) is 4.27. The van der Waals surface area contributed by atoms with Crippen molar-refractivity contribution >= 4 is 5.91 Å². The molecular formula is C22H29NO3. The molecule has 0 heterocycles. The van der Waals surface area contributed by atoms with Gasteiger partial charge in [0.15, 0.2) is 6.10 Å². The fraction of sp³-hybridized carbons (Fsp3) is 0.409. The highest BCUT2D eigenvalue weighted by atomic mass is 16.5. The lowest BCUT2D eigenvalue weighted by Crippen LogP contribution is -2.39. The summed E-state index contributed by atoms with van der Waals surface area (Å²) in [5, 5.41) is 2.90. The molecular weight excluding hydrogens is 326 g/mol. The summed E-state index contributed by atoms with van der Waals surface area (Å²) in [4.78, 5) is 12.4. The van der Waals surface area contributed by atoms with E-state index in [0.29, 0.717) is 19.6 Å². The molecule has 0 saturated carbocycles. The van der Waals surface area contributed by atoms with Crippen LogP contribution in [0.1, 0.15) is 35.6 Å². The van der Waals surface area contributed by atoms with Crippen molar-refractivity contribution < 1.29 is 14.3 Å². The first-order valence-corrected chi connectivity index (χ1v) is 9.12. The zero-order valence-corrected chi connectivity index (χ0v) is 16.4. The fourth-order valence-electron chi connectivity index (χ4n) is 2.72. The van der Waals surface area contributed by atoms with Crippen molar-refractivity contribution in [1.29, 1.82) is 0 Å². The van der Waals surface area contributed by atoms with Crippen LogP contribution in [-0.4, -0.2) is 25.2 Å². The Balaban J connectivity index is 1.84. The normalized spacial score (nSPS) is 11.7. The zero-order valence-electron chi connectivity index (χ0n) is 16.4. The predicted molar refractivity (Wildman–Crippen MR) is 105 cm³/mol. The van der Waals surface area contributed by atoms with E-state index in [0.717, 1.165) is 28.2 Å². The molecule has 26 heavy (non-hydrogen) atoms. The SMILES string of the molecule is CC[C@H](Oc1ccc(C)cc1C)C(=O)NCCOc1cc(C)ccc1C. The van der Waals surface area contributed by atoms with E-state index in [1.165, 1.54) is 5.56 Å². The monoisotopic (exact) mass is 355 g/mol. The molecule has 0 spiro atoms. The van der Waals surface area contributed by atoms with Gasteiger partial charge in [0, 0.05) is 0 Å². The van der Waals surface area contributed by atoms with E-state index in [1.54, 1.807) is 0 Å². The van der Waals surface area contributed by atoms with Crippen molar-refractivity contribution in [3.63, 3.8) is 0 Å². The van der Waals surface area contributed by atoms with Crippen molar-refractivity contribution in [1.82, 2.24) is 5.32 Å². The van der Waals surface area contributed by atoms with Crippen molar-refractivity contribution in [3.05, 3.63) is 58.7 Å². The molecule has 0 aliphatic carbocycles. The summed E-state index contributed by atoms with van der Waals surface area (Å²) < 4.78 is 11.7. The molecule has 1 atom stereocenters. The number of ether oxygens (including phenoxy) is 2. The van der Waals surface area contributed by atoms with E-state index in [4.69, 9.17) is 9.47 Å². The summed E-state index contributed by atoms with van der Waals surface area (Å²) in [6.07, 6.45) is 0.105. The van der Waals surface area contributed by atoms with Crippen LogP contribution in [0.2, 0.25) is 0 Å². The summed E-state index contributed by atoms with van der Waals surface area (Å²) in [7, 11) is 0. The van der Waals surface area contributed by atoms with Gasteiger partial charge in [-0.15, -0.1) is 0 Å². The Morgan fingerprint density at radius 1 is 0.962 bits per heavy atom. The molecule has 2 rings (SSSR count). The van der Waals surface area contributed by atoms with E-state index in [1.807, 2.05) is 58.9 Å². The summed E-state index contributed by atoms with van der Waals surface area (Å²) in [5.74, 6) is 1.50. The highest BCUT2D eigenvalue weighted by molar-refractivity contribution is 5.81. The first-order valence-electron chi connectivity index (χ1n) is 9.12. The van der Waals surface area contributed by atoms with Crippen LogP contribution < -0.4 is 14.8 Å². The summed E-state index contributed by atoms with van der Waals surface area (Å²) in [5.41, 5.74) is 4.46. The molecule has 0 aliphatic rings. The average molecular weight is 355 g/mol. The van der Waals surface area contributed by atoms with Gasteiger partial charge in [0.05, 0.1) is 6.54 Å². The van der Waals surface area contributed by atoms with Crippen molar-refractivity contribution in [2.24, 2.45) is 0 Å². The van der Waals surface area contributed by atoms with Crippen LogP contribution in [0.4, 0.5) is 0 Å². The zero-order chi connectivity index (χ0) is 19.1. The molecule has 0 saturated heterocycles. The highest BCUT2D eigenvalue weighted by Crippen LogP contribution is 2.21. The first kappa shape index (κ1) is 19.8. The van der Waals surface area contributed by atoms with Gasteiger partial charge in [-0.2, -0.15) is 0 Å². The molecule has 4 nitrogen and oxygen atoms in total. The van der Waals surface area contributed by atoms with E-state index in [-0.39, 0.29) is 5.91 Å². The maximum Gasteiger partial charge on any atom is 0.261 e. The number of nitrogens with one attached hydrogen (secondary N) is 1. The Kier molecular flexibility index (Phi) is 7.07. The maximum atomic E-state index is 12.4. The Bertz CT molecular complexity index is 755. The minimum Gasteiger partial charge on any atom is -0.491 e. The number of carbonyl (C=O) groups excluding carboxylic acids is 1. The highest BCUT2D eigenvalue weighted by Gasteiger charge is 2.18. The van der Waals surface area contributed by atoms with Gasteiger partial charge in [0.1, 0.15) is 18.1 Å². The van der Waals surface area contributed by atoms with E-state index >= 15 is 0 Å². The Hall–Kier alpha value is -2.49. The minimum atomic E-state index is -0.503. The Morgan fingerprint density at radius 3 is 2.35 bits per heavy atom. The quantitative estimate of drug-likeness (QED) is 0.719. The van der Waals surface area contributed by atoms with Crippen LogP contribution >= 0.6 is 0 Å². The molecule has 0 aliphatic heterocycles. The third-order valence-corrected chi connectivity index (χ3v) is 4.27. The summed E-state index contributed by atoms with van der Waals surface area (Å²) >= 11 is 0. The van der Waals surface area contributed by atoms with E-state index in [9.17, 15) is 4.79 Å². The van der Waals surface area contributed by atoms with Crippen LogP contribution in [0.5, 0.6) is 11.5 Å². The number of rotatable bonds is 8. The van der Waals surface area contributed by atoms with Gasteiger partial charge >= 0.3 is 0 Å². The molecule has 1 N–H and O–H groups in total. The molecule has 1 amide bonds. The standard InChI is InChI=1S/C22H29NO3/c1-6-19(26-20-10-8-15(2)13-18(20)5)22(24)23-11-12-25-21-14-16(3)7-9-17(21)4/h7-10,13-14,19H,6,11-12H2,1-5H3,(H,23,24)/t19-/m0/s1. The number of aryl methyl sites for hydroxylation is 4. The van der Waals surface area contributed by atoms with Gasteiger partial charge in [-0.3, -0.25) is 4.79 Å². The van der Waals surface area contributed by atoms with Gasteiger partial charge in [-0.05, 0) is 62.9 Å². The van der Waals surface area contributed by atoms with Crippen molar-refractivity contribution in [3.8, 4) is 11.5 Å². The Labute approximate surface area is 156 Å². The smallest absolute Gasteiger partial charge is 0.261 e. The molecule has 2 aromatic carbocycles. The minimum absolute atomic E-state index is 0.114. The maximum absolute atomic E-state index is 12.4. The van der Waals surface area contributed by atoms with Crippen LogP contribution in [0.15, 0.2) is 36.4 Å². The second-order valence-electron chi connectivity index (χ2n) is 6.69. The molecule has 0 unspecified atom stereocenters. The molecule has 2 aromatic rings. The van der Waals surface area contributed by atoms with Gasteiger partial charge in [0.25, 0.3) is 5.91 Å². The Morgan fingerprint density at radius 2 is 1.65 bits per heavy atom. The number of amides is 1. The molecule has 0 bridgehead atoms. The van der Waals surface area contributed by atoms with E-state index < -0.39 is 6.10 Å². The lowest BCUT2D eigenvalue weighted by molar-refractivity contribution is -0.128. The first-order chi connectivity index (χ1) is 12.4. The number of benzene rings is 2. The third kappa shape index (κ3) is 5.51. The van der Waals surface area contributed by atoms with Crippen molar-refractivity contribution in [2.75, 3.05) is 13.2 Å². The molecule has 140 valence electrons. The molecule has 0 aromatic heterocycles. The van der Waals surface area contributed by atoms with Crippen LogP contribution in [0, 0.1) is 27.7 Å². The van der Waals surface area contributed by atoms with Gasteiger partial charge < -0.3 is 14.8 Å². The molecule has 4 heteroatoms. The average Bonchev–Trinajstić information content (AvgIpc) is 2.60. The van der Waals surface area contributed by atoms with Gasteiger partial charge in [-0.1, -0.05) is 36.8 Å². The van der Waals surface area contributed by atoms with Crippen LogP contribution in [0.25, 0.3) is 0 Å². The van der Waals surface area contributed by atoms with Gasteiger partial charge in [-0.25, -0.2) is 0 Å². The summed E-state index contributed by atoms with van der Waals surface area (Å²) in [6, 6.07) is 12.1. The van der Waals surface area contributed by atoms with E-state index in [2.05, 4.69) is 17.4 Å². The third-order valence-electron chi connectivity index (χ3n) is 4.27. The topological polar surface area (TPSA) is 47.6 Å². The lowest BCUT2D eigenvalue weighted by Gasteiger charge is -2.19. The number of carbonyl (C=O) groups is 1. The second-order valence-corrected chi connectivity index (χ2v) is 6.69. The molecule has 0 radical (unpaired) electrons. The largest absolute Gasteiger partial charge is 0.491 e. The second kappa shape index (κ2) is 9.27. The fourth-order valence-corrected chi connectivity index (χ4v) is 2.72. The van der Waals surface area contributed by atoms with Crippen LogP contribution in [-0.2, 0) is 4.79 Å². The van der Waals surface area contributed by atoms with Gasteiger partial charge in [0.2, 0.25) is 0 Å². The van der Waals surface area contributed by atoms with Crippen LogP contribution in [0.3, 0.4) is 0 Å². The summed E-state index contributed by atoms with van der Waals surface area (Å²) in [6.45, 7) is 10.9. The van der Waals surface area contributed by atoms with Crippen molar-refractivity contribution in [2.45, 2.75) is 47.1 Å².